The Bertz CT molecular complexity index is 1550. The average molecular weight is 600 g/mol. The number of anilines is 1. The van der Waals surface area contributed by atoms with Gasteiger partial charge in [0.15, 0.2) is 11.5 Å². The molecule has 0 bridgehead atoms. The predicted molar refractivity (Wildman–Crippen MR) is 157 cm³/mol. The summed E-state index contributed by atoms with van der Waals surface area (Å²) in [5, 5.41) is 3.60. The van der Waals surface area contributed by atoms with Crippen LogP contribution in [0.15, 0.2) is 66.8 Å². The highest BCUT2D eigenvalue weighted by atomic mass is 35.5. The number of nitrogens with zero attached hydrogens (tertiary/aromatic N) is 1. The fourth-order valence-corrected chi connectivity index (χ4v) is 4.80. The zero-order valence-electron chi connectivity index (χ0n) is 21.7. The maximum absolute atomic E-state index is 13.5. The SMILES string of the molecule is C=CCc1cc(/C=C2\C(=O)NC(=O)N(c3cccc(Cl)c3C)C2=O)cc(OCC)c1OCc1ccc(Cl)cc1Cl. The van der Waals surface area contributed by atoms with Crippen LogP contribution in [0.1, 0.15) is 29.2 Å². The number of allylic oxidation sites excluding steroid dienone is 1. The van der Waals surface area contributed by atoms with Gasteiger partial charge in [-0.3, -0.25) is 14.9 Å². The normalized spacial score (nSPS) is 14.4. The summed E-state index contributed by atoms with van der Waals surface area (Å²) in [6.07, 6.45) is 3.52. The summed E-state index contributed by atoms with van der Waals surface area (Å²) >= 11 is 18.5. The van der Waals surface area contributed by atoms with Crippen LogP contribution in [-0.2, 0) is 22.6 Å². The van der Waals surface area contributed by atoms with E-state index in [4.69, 9.17) is 44.3 Å². The molecule has 0 radical (unpaired) electrons. The monoisotopic (exact) mass is 598 g/mol. The van der Waals surface area contributed by atoms with E-state index >= 15 is 0 Å². The molecule has 0 aliphatic carbocycles. The molecule has 4 rings (SSSR count). The van der Waals surface area contributed by atoms with Crippen molar-refractivity contribution in [3.8, 4) is 11.5 Å². The Balaban J connectivity index is 1.74. The number of rotatable bonds is 9. The standard InChI is InChI=1S/C30H25Cl3N2O5/c1-4-7-19-12-18(14-26(39-5-2)27(19)40-16-20-10-11-21(31)15-24(20)33)13-22-28(36)34-30(38)35(29(22)37)25-9-6-8-23(32)17(25)3/h4,6,8-15H,1,5,7,16H2,2-3H3,(H,34,36,38)/b22-13+. The Morgan fingerprint density at radius 1 is 0.975 bits per heavy atom. The van der Waals surface area contributed by atoms with E-state index in [0.29, 0.717) is 56.3 Å². The number of imide groups is 2. The molecule has 1 aliphatic rings. The van der Waals surface area contributed by atoms with E-state index in [1.807, 2.05) is 6.92 Å². The molecule has 3 aromatic carbocycles. The van der Waals surface area contributed by atoms with Crippen molar-refractivity contribution in [2.24, 2.45) is 0 Å². The summed E-state index contributed by atoms with van der Waals surface area (Å²) in [6, 6.07) is 12.6. The topological polar surface area (TPSA) is 84.9 Å². The fourth-order valence-electron chi connectivity index (χ4n) is 4.17. The molecule has 1 aliphatic heterocycles. The quantitative estimate of drug-likeness (QED) is 0.158. The van der Waals surface area contributed by atoms with Crippen LogP contribution in [0.5, 0.6) is 11.5 Å². The molecule has 1 saturated heterocycles. The minimum Gasteiger partial charge on any atom is -0.490 e. The van der Waals surface area contributed by atoms with Crippen molar-refractivity contribution in [1.29, 1.82) is 0 Å². The van der Waals surface area contributed by atoms with Crippen molar-refractivity contribution >= 4 is 64.4 Å². The molecule has 7 nitrogen and oxygen atoms in total. The third-order valence-electron chi connectivity index (χ3n) is 6.10. The number of urea groups is 1. The maximum Gasteiger partial charge on any atom is 0.335 e. The largest absolute Gasteiger partial charge is 0.490 e. The van der Waals surface area contributed by atoms with Crippen molar-refractivity contribution in [3.63, 3.8) is 0 Å². The number of halogens is 3. The van der Waals surface area contributed by atoms with E-state index < -0.39 is 17.8 Å². The number of amides is 4. The third-order valence-corrected chi connectivity index (χ3v) is 7.09. The molecule has 40 heavy (non-hydrogen) atoms. The number of hydrogen-bond donors (Lipinski definition) is 1. The Hall–Kier alpha value is -3.78. The lowest BCUT2D eigenvalue weighted by atomic mass is 10.0. The van der Waals surface area contributed by atoms with E-state index in [2.05, 4.69) is 11.9 Å². The van der Waals surface area contributed by atoms with Gasteiger partial charge >= 0.3 is 6.03 Å². The zero-order chi connectivity index (χ0) is 29.0. The van der Waals surface area contributed by atoms with Gasteiger partial charge in [0, 0.05) is 26.2 Å². The lowest BCUT2D eigenvalue weighted by Gasteiger charge is -2.27. The minimum atomic E-state index is -0.857. The van der Waals surface area contributed by atoms with E-state index in [9.17, 15) is 14.4 Å². The van der Waals surface area contributed by atoms with Gasteiger partial charge < -0.3 is 9.47 Å². The van der Waals surface area contributed by atoms with Gasteiger partial charge in [-0.25, -0.2) is 9.69 Å². The first-order valence-electron chi connectivity index (χ1n) is 12.3. The summed E-state index contributed by atoms with van der Waals surface area (Å²) in [5.74, 6) is -0.714. The van der Waals surface area contributed by atoms with Crippen molar-refractivity contribution in [3.05, 3.63) is 104 Å². The van der Waals surface area contributed by atoms with Crippen LogP contribution < -0.4 is 19.7 Å². The minimum absolute atomic E-state index is 0.150. The van der Waals surface area contributed by atoms with E-state index in [1.54, 1.807) is 61.5 Å². The van der Waals surface area contributed by atoms with Gasteiger partial charge in [0.05, 0.1) is 12.3 Å². The first-order chi connectivity index (χ1) is 19.1. The van der Waals surface area contributed by atoms with E-state index in [0.717, 1.165) is 10.5 Å². The molecule has 0 atom stereocenters. The van der Waals surface area contributed by atoms with Gasteiger partial charge in [0.1, 0.15) is 12.2 Å². The second-order valence-electron chi connectivity index (χ2n) is 8.80. The van der Waals surface area contributed by atoms with E-state index in [1.165, 1.54) is 6.08 Å². The fraction of sp³-hybridized carbons (Fsp3) is 0.167. The van der Waals surface area contributed by atoms with Crippen molar-refractivity contribution < 1.29 is 23.9 Å². The van der Waals surface area contributed by atoms with Crippen LogP contribution >= 0.6 is 34.8 Å². The lowest BCUT2D eigenvalue weighted by molar-refractivity contribution is -0.122. The summed E-state index contributed by atoms with van der Waals surface area (Å²) in [6.45, 7) is 7.83. The number of benzene rings is 3. The third kappa shape index (κ3) is 6.17. The van der Waals surface area contributed by atoms with Crippen molar-refractivity contribution in [2.75, 3.05) is 11.5 Å². The first-order valence-corrected chi connectivity index (χ1v) is 13.4. The van der Waals surface area contributed by atoms with Gasteiger partial charge in [0.25, 0.3) is 11.8 Å². The van der Waals surface area contributed by atoms with Gasteiger partial charge in [-0.2, -0.15) is 0 Å². The lowest BCUT2D eigenvalue weighted by Crippen LogP contribution is -2.54. The van der Waals surface area contributed by atoms with Crippen LogP contribution in [-0.4, -0.2) is 24.5 Å². The number of barbiturate groups is 1. The molecule has 0 spiro atoms. The highest BCUT2D eigenvalue weighted by molar-refractivity contribution is 6.40. The molecule has 1 fully saturated rings. The van der Waals surface area contributed by atoms with E-state index in [-0.39, 0.29) is 17.9 Å². The Morgan fingerprint density at radius 3 is 2.45 bits per heavy atom. The number of carbonyl (C=O) groups excluding carboxylic acids is 3. The maximum atomic E-state index is 13.5. The van der Waals surface area contributed by atoms with Crippen molar-refractivity contribution in [1.82, 2.24) is 5.32 Å². The molecule has 0 aromatic heterocycles. The molecule has 10 heteroatoms. The number of carbonyl (C=O) groups is 3. The molecule has 0 saturated carbocycles. The Labute approximate surface area is 246 Å². The summed E-state index contributed by atoms with van der Waals surface area (Å²) < 4.78 is 12.0. The highest BCUT2D eigenvalue weighted by Crippen LogP contribution is 2.37. The smallest absolute Gasteiger partial charge is 0.335 e. The summed E-state index contributed by atoms with van der Waals surface area (Å²) in [5.41, 5.74) is 2.51. The predicted octanol–water partition coefficient (Wildman–Crippen LogP) is 7.33. The highest BCUT2D eigenvalue weighted by Gasteiger charge is 2.37. The van der Waals surface area contributed by atoms with Gasteiger partial charge in [-0.1, -0.05) is 53.0 Å². The van der Waals surface area contributed by atoms with Crippen LogP contribution in [0, 0.1) is 6.92 Å². The molecule has 1 N–H and O–H groups in total. The second-order valence-corrected chi connectivity index (χ2v) is 10.1. The van der Waals surface area contributed by atoms with Crippen LogP contribution in [0.25, 0.3) is 6.08 Å². The second kappa shape index (κ2) is 12.6. The van der Waals surface area contributed by atoms with Gasteiger partial charge in [-0.15, -0.1) is 6.58 Å². The van der Waals surface area contributed by atoms with Crippen LogP contribution in [0.3, 0.4) is 0 Å². The molecule has 3 aromatic rings. The average Bonchev–Trinajstić information content (AvgIpc) is 2.90. The summed E-state index contributed by atoms with van der Waals surface area (Å²) in [4.78, 5) is 39.8. The molecule has 206 valence electrons. The first kappa shape index (κ1) is 29.2. The Kier molecular flexibility index (Phi) is 9.20. The molecular formula is C30H25Cl3N2O5. The van der Waals surface area contributed by atoms with Crippen LogP contribution in [0.2, 0.25) is 15.1 Å². The van der Waals surface area contributed by atoms with Crippen molar-refractivity contribution in [2.45, 2.75) is 26.9 Å². The molecule has 4 amide bonds. The molecule has 1 heterocycles. The zero-order valence-corrected chi connectivity index (χ0v) is 24.0. The number of ether oxygens (including phenoxy) is 2. The Morgan fingerprint density at radius 2 is 1.75 bits per heavy atom. The molecular weight excluding hydrogens is 575 g/mol. The number of nitrogens with one attached hydrogen (secondary N) is 1. The van der Waals surface area contributed by atoms with Gasteiger partial charge in [0.2, 0.25) is 0 Å². The number of hydrogen-bond acceptors (Lipinski definition) is 5. The summed E-state index contributed by atoms with van der Waals surface area (Å²) in [7, 11) is 0. The molecule has 0 unspecified atom stereocenters. The van der Waals surface area contributed by atoms with Crippen LogP contribution in [0.4, 0.5) is 10.5 Å². The van der Waals surface area contributed by atoms with Gasteiger partial charge in [-0.05, 0) is 73.9 Å².